The van der Waals surface area contributed by atoms with Crippen molar-refractivity contribution >= 4 is 0 Å². The standard InChI is InChI=1S/C13H22N2/c1-13-6-4-9-15(12-13)11-5-10-14-7-2-3-8-14/h2-3,7-8,13H,4-6,9-12H2,1H3. The fraction of sp³-hybridized carbons (Fsp3) is 0.692. The van der Waals surface area contributed by atoms with Gasteiger partial charge in [-0.2, -0.15) is 0 Å². The highest BCUT2D eigenvalue weighted by Gasteiger charge is 2.15. The van der Waals surface area contributed by atoms with Crippen LogP contribution in [0.25, 0.3) is 0 Å². The van der Waals surface area contributed by atoms with E-state index in [1.165, 1.54) is 38.9 Å². The van der Waals surface area contributed by atoms with Gasteiger partial charge in [0.1, 0.15) is 0 Å². The van der Waals surface area contributed by atoms with Gasteiger partial charge in [-0.05, 0) is 50.4 Å². The smallest absolute Gasteiger partial charge is 0.0231 e. The lowest BCUT2D eigenvalue weighted by Crippen LogP contribution is -2.35. The maximum Gasteiger partial charge on any atom is 0.0231 e. The molecule has 1 fully saturated rings. The first kappa shape index (κ1) is 10.7. The molecule has 1 saturated heterocycles. The van der Waals surface area contributed by atoms with E-state index in [1.54, 1.807) is 0 Å². The Balaban J connectivity index is 1.65. The topological polar surface area (TPSA) is 8.17 Å². The molecule has 2 rings (SSSR count). The minimum absolute atomic E-state index is 0.908. The van der Waals surface area contributed by atoms with E-state index in [0.717, 1.165) is 12.5 Å². The van der Waals surface area contributed by atoms with Gasteiger partial charge in [0, 0.05) is 25.5 Å². The Hall–Kier alpha value is -0.760. The molecule has 0 amide bonds. The van der Waals surface area contributed by atoms with Gasteiger partial charge in [-0.15, -0.1) is 0 Å². The molecule has 1 aliphatic heterocycles. The van der Waals surface area contributed by atoms with Crippen LogP contribution < -0.4 is 0 Å². The summed E-state index contributed by atoms with van der Waals surface area (Å²) in [4.78, 5) is 2.62. The summed E-state index contributed by atoms with van der Waals surface area (Å²) in [7, 11) is 0. The lowest BCUT2D eigenvalue weighted by atomic mass is 10.0. The molecule has 1 aromatic rings. The second-order valence-corrected chi connectivity index (χ2v) is 4.82. The number of aryl methyl sites for hydroxylation is 1. The van der Waals surface area contributed by atoms with Gasteiger partial charge in [-0.25, -0.2) is 0 Å². The van der Waals surface area contributed by atoms with Crippen molar-refractivity contribution in [3.8, 4) is 0 Å². The second kappa shape index (κ2) is 5.36. The molecule has 1 aromatic heterocycles. The predicted octanol–water partition coefficient (Wildman–Crippen LogP) is 2.61. The number of piperidine rings is 1. The van der Waals surface area contributed by atoms with Gasteiger partial charge in [-0.1, -0.05) is 6.92 Å². The van der Waals surface area contributed by atoms with Crippen molar-refractivity contribution in [3.05, 3.63) is 24.5 Å². The predicted molar refractivity (Wildman–Crippen MR) is 63.9 cm³/mol. The third kappa shape index (κ3) is 3.38. The molecule has 0 saturated carbocycles. The minimum atomic E-state index is 0.908. The first-order valence-electron chi connectivity index (χ1n) is 6.18. The van der Waals surface area contributed by atoms with Crippen molar-refractivity contribution in [2.24, 2.45) is 5.92 Å². The number of hydrogen-bond donors (Lipinski definition) is 0. The zero-order chi connectivity index (χ0) is 10.5. The van der Waals surface area contributed by atoms with E-state index in [9.17, 15) is 0 Å². The van der Waals surface area contributed by atoms with E-state index in [1.807, 2.05) is 0 Å². The molecule has 2 heteroatoms. The summed E-state index contributed by atoms with van der Waals surface area (Å²) in [5.74, 6) is 0.908. The molecule has 2 heterocycles. The summed E-state index contributed by atoms with van der Waals surface area (Å²) < 4.78 is 2.27. The third-order valence-corrected chi connectivity index (χ3v) is 3.30. The summed E-state index contributed by atoms with van der Waals surface area (Å²) in [6, 6.07) is 4.20. The summed E-state index contributed by atoms with van der Waals surface area (Å²) >= 11 is 0. The molecule has 0 spiro atoms. The van der Waals surface area contributed by atoms with Crippen molar-refractivity contribution in [3.63, 3.8) is 0 Å². The Kier molecular flexibility index (Phi) is 3.84. The molecule has 15 heavy (non-hydrogen) atoms. The Morgan fingerprint density at radius 3 is 2.73 bits per heavy atom. The molecule has 2 nitrogen and oxygen atoms in total. The van der Waals surface area contributed by atoms with Gasteiger partial charge in [0.05, 0.1) is 0 Å². The minimum Gasteiger partial charge on any atom is -0.354 e. The van der Waals surface area contributed by atoms with Crippen LogP contribution in [0.4, 0.5) is 0 Å². The average Bonchev–Trinajstić information content (AvgIpc) is 2.71. The van der Waals surface area contributed by atoms with E-state index in [2.05, 4.69) is 40.9 Å². The first-order valence-corrected chi connectivity index (χ1v) is 6.18. The van der Waals surface area contributed by atoms with Crippen LogP contribution >= 0.6 is 0 Å². The van der Waals surface area contributed by atoms with Crippen LogP contribution in [-0.2, 0) is 6.54 Å². The number of likely N-dealkylation sites (tertiary alicyclic amines) is 1. The lowest BCUT2D eigenvalue weighted by Gasteiger charge is -2.30. The molecule has 1 unspecified atom stereocenters. The largest absolute Gasteiger partial charge is 0.354 e. The SMILES string of the molecule is CC1CCCN(CCCn2cccc2)C1. The van der Waals surface area contributed by atoms with Gasteiger partial charge in [0.25, 0.3) is 0 Å². The van der Waals surface area contributed by atoms with E-state index < -0.39 is 0 Å². The Morgan fingerprint density at radius 1 is 1.20 bits per heavy atom. The second-order valence-electron chi connectivity index (χ2n) is 4.82. The number of hydrogen-bond acceptors (Lipinski definition) is 1. The number of nitrogens with zero attached hydrogens (tertiary/aromatic N) is 2. The van der Waals surface area contributed by atoms with Crippen LogP contribution in [0.15, 0.2) is 24.5 Å². The van der Waals surface area contributed by atoms with Crippen molar-refractivity contribution in [1.82, 2.24) is 9.47 Å². The third-order valence-electron chi connectivity index (χ3n) is 3.30. The molecule has 1 aliphatic rings. The Bertz CT molecular complexity index is 266. The maximum absolute atomic E-state index is 2.62. The zero-order valence-electron chi connectivity index (χ0n) is 9.73. The highest BCUT2D eigenvalue weighted by Crippen LogP contribution is 2.15. The monoisotopic (exact) mass is 206 g/mol. The van der Waals surface area contributed by atoms with Crippen LogP contribution in [-0.4, -0.2) is 29.1 Å². The molecule has 1 atom stereocenters. The molecular formula is C13H22N2. The summed E-state index contributed by atoms with van der Waals surface area (Å²) in [5, 5.41) is 0. The highest BCUT2D eigenvalue weighted by atomic mass is 15.1. The summed E-state index contributed by atoms with van der Waals surface area (Å²) in [5.41, 5.74) is 0. The van der Waals surface area contributed by atoms with Gasteiger partial charge in [0.2, 0.25) is 0 Å². The van der Waals surface area contributed by atoms with E-state index >= 15 is 0 Å². The molecule has 0 N–H and O–H groups in total. The number of aromatic nitrogens is 1. The first-order chi connectivity index (χ1) is 7.34. The van der Waals surface area contributed by atoms with Gasteiger partial charge in [-0.3, -0.25) is 0 Å². The normalized spacial score (nSPS) is 23.1. The molecule has 0 aromatic carbocycles. The summed E-state index contributed by atoms with van der Waals surface area (Å²) in [6.07, 6.45) is 8.40. The Labute approximate surface area is 92.9 Å². The van der Waals surface area contributed by atoms with Crippen LogP contribution in [0.5, 0.6) is 0 Å². The van der Waals surface area contributed by atoms with Gasteiger partial charge in [0.15, 0.2) is 0 Å². The van der Waals surface area contributed by atoms with Crippen LogP contribution in [0.2, 0.25) is 0 Å². The van der Waals surface area contributed by atoms with Crippen molar-refractivity contribution in [1.29, 1.82) is 0 Å². The average molecular weight is 206 g/mol. The summed E-state index contributed by atoms with van der Waals surface area (Å²) in [6.45, 7) is 7.43. The van der Waals surface area contributed by atoms with E-state index in [4.69, 9.17) is 0 Å². The maximum atomic E-state index is 2.62. The molecule has 0 radical (unpaired) electrons. The van der Waals surface area contributed by atoms with Crippen LogP contribution in [0.3, 0.4) is 0 Å². The quantitative estimate of drug-likeness (QED) is 0.735. The van der Waals surface area contributed by atoms with Crippen molar-refractivity contribution in [2.75, 3.05) is 19.6 Å². The van der Waals surface area contributed by atoms with Crippen LogP contribution in [0, 0.1) is 5.92 Å². The van der Waals surface area contributed by atoms with Crippen LogP contribution in [0.1, 0.15) is 26.2 Å². The zero-order valence-corrected chi connectivity index (χ0v) is 9.73. The highest BCUT2D eigenvalue weighted by molar-refractivity contribution is 4.90. The van der Waals surface area contributed by atoms with Crippen molar-refractivity contribution in [2.45, 2.75) is 32.7 Å². The Morgan fingerprint density at radius 2 is 2.00 bits per heavy atom. The van der Waals surface area contributed by atoms with Crippen molar-refractivity contribution < 1.29 is 0 Å². The number of rotatable bonds is 4. The van der Waals surface area contributed by atoms with E-state index in [-0.39, 0.29) is 0 Å². The molecule has 0 bridgehead atoms. The van der Waals surface area contributed by atoms with E-state index in [0.29, 0.717) is 0 Å². The molecule has 84 valence electrons. The fourth-order valence-corrected chi connectivity index (χ4v) is 2.49. The van der Waals surface area contributed by atoms with Gasteiger partial charge < -0.3 is 9.47 Å². The lowest BCUT2D eigenvalue weighted by molar-refractivity contribution is 0.180. The molecule has 0 aliphatic carbocycles. The molecular weight excluding hydrogens is 184 g/mol. The van der Waals surface area contributed by atoms with Gasteiger partial charge >= 0.3 is 0 Å². The fourth-order valence-electron chi connectivity index (χ4n) is 2.49.